The number of benzene rings is 2. The molecule has 0 radical (unpaired) electrons. The first-order valence-electron chi connectivity index (χ1n) is 6.21. The minimum Gasteiger partial charge on any atom is -0.376 e. The molecule has 0 spiro atoms. The molecule has 0 aliphatic heterocycles. The lowest BCUT2D eigenvalue weighted by atomic mass is 10.2. The average molecular weight is 367 g/mol. The Morgan fingerprint density at radius 3 is 2.62 bits per heavy atom. The van der Waals surface area contributed by atoms with E-state index in [0.717, 1.165) is 15.7 Å². The van der Waals surface area contributed by atoms with Crippen LogP contribution >= 0.6 is 27.5 Å². The molecule has 4 nitrogen and oxygen atoms in total. The van der Waals surface area contributed by atoms with Gasteiger partial charge in [-0.15, -0.1) is 0 Å². The monoisotopic (exact) mass is 365 g/mol. The summed E-state index contributed by atoms with van der Waals surface area (Å²) in [5.41, 5.74) is 4.05. The normalized spacial score (nSPS) is 10.6. The number of amides is 1. The van der Waals surface area contributed by atoms with Crippen molar-refractivity contribution >= 4 is 45.3 Å². The van der Waals surface area contributed by atoms with E-state index in [4.69, 9.17) is 11.6 Å². The number of hydrazone groups is 1. The molecule has 0 aliphatic carbocycles. The Kier molecular flexibility index (Phi) is 5.78. The molecule has 0 saturated heterocycles. The second-order valence-electron chi connectivity index (χ2n) is 4.18. The Bertz CT molecular complexity index is 644. The lowest BCUT2D eigenvalue weighted by Gasteiger charge is -2.05. The molecular weight excluding hydrogens is 354 g/mol. The van der Waals surface area contributed by atoms with Crippen LogP contribution in [0.15, 0.2) is 58.1 Å². The fraction of sp³-hybridized carbons (Fsp3) is 0.0667. The van der Waals surface area contributed by atoms with Gasteiger partial charge in [-0.05, 0) is 30.3 Å². The van der Waals surface area contributed by atoms with E-state index in [1.807, 2.05) is 42.5 Å². The van der Waals surface area contributed by atoms with Gasteiger partial charge in [0, 0.05) is 20.7 Å². The Labute approximate surface area is 136 Å². The molecule has 0 saturated carbocycles. The van der Waals surface area contributed by atoms with Crippen LogP contribution in [0.4, 0.5) is 5.69 Å². The van der Waals surface area contributed by atoms with Crippen molar-refractivity contribution in [3.63, 3.8) is 0 Å². The minimum atomic E-state index is -0.235. The summed E-state index contributed by atoms with van der Waals surface area (Å²) in [7, 11) is 0. The average Bonchev–Trinajstić information content (AvgIpc) is 2.49. The maximum atomic E-state index is 11.6. The maximum Gasteiger partial charge on any atom is 0.259 e. The van der Waals surface area contributed by atoms with Gasteiger partial charge in [-0.25, -0.2) is 5.43 Å². The first kappa shape index (κ1) is 15.5. The molecule has 2 aromatic carbocycles. The van der Waals surface area contributed by atoms with Gasteiger partial charge in [-0.3, -0.25) is 4.79 Å². The number of rotatable bonds is 5. The molecule has 0 fully saturated rings. The highest BCUT2D eigenvalue weighted by molar-refractivity contribution is 9.10. The van der Waals surface area contributed by atoms with Crippen LogP contribution < -0.4 is 10.7 Å². The van der Waals surface area contributed by atoms with E-state index < -0.39 is 0 Å². The second kappa shape index (κ2) is 7.81. The quantitative estimate of drug-likeness (QED) is 0.627. The summed E-state index contributed by atoms with van der Waals surface area (Å²) in [4.78, 5) is 11.6. The zero-order valence-corrected chi connectivity index (χ0v) is 13.4. The van der Waals surface area contributed by atoms with Gasteiger partial charge in [0.25, 0.3) is 5.91 Å². The molecular formula is C15H13BrClN3O. The van der Waals surface area contributed by atoms with Crippen LogP contribution in [-0.2, 0) is 4.79 Å². The van der Waals surface area contributed by atoms with Crippen LogP contribution in [0.3, 0.4) is 0 Å². The third-order valence-corrected chi connectivity index (χ3v) is 3.47. The maximum absolute atomic E-state index is 11.6. The van der Waals surface area contributed by atoms with E-state index in [1.165, 1.54) is 6.21 Å². The smallest absolute Gasteiger partial charge is 0.259 e. The molecule has 1 amide bonds. The molecule has 0 bridgehead atoms. The molecule has 108 valence electrons. The number of carbonyl (C=O) groups excluding carboxylic acids is 1. The number of hydrogen-bond acceptors (Lipinski definition) is 3. The van der Waals surface area contributed by atoms with Gasteiger partial charge in [0.2, 0.25) is 0 Å². The minimum absolute atomic E-state index is 0.140. The van der Waals surface area contributed by atoms with E-state index in [9.17, 15) is 4.79 Å². The van der Waals surface area contributed by atoms with Crippen molar-refractivity contribution in [2.45, 2.75) is 0 Å². The van der Waals surface area contributed by atoms with Crippen molar-refractivity contribution in [1.82, 2.24) is 5.43 Å². The van der Waals surface area contributed by atoms with Gasteiger partial charge in [0.1, 0.15) is 0 Å². The van der Waals surface area contributed by atoms with Crippen LogP contribution in [0.25, 0.3) is 0 Å². The highest BCUT2D eigenvalue weighted by Crippen LogP contribution is 2.13. The van der Waals surface area contributed by atoms with Gasteiger partial charge < -0.3 is 5.32 Å². The Balaban J connectivity index is 1.80. The fourth-order valence-electron chi connectivity index (χ4n) is 1.54. The third-order valence-electron chi connectivity index (χ3n) is 2.60. The Morgan fingerprint density at radius 1 is 1.19 bits per heavy atom. The molecule has 0 aliphatic rings. The molecule has 2 aromatic rings. The van der Waals surface area contributed by atoms with Crippen LogP contribution in [0, 0.1) is 0 Å². The van der Waals surface area contributed by atoms with Crippen molar-refractivity contribution in [3.05, 3.63) is 63.6 Å². The first-order valence-corrected chi connectivity index (χ1v) is 7.38. The number of carbonyl (C=O) groups is 1. The van der Waals surface area contributed by atoms with Gasteiger partial charge in [0.05, 0.1) is 12.8 Å². The van der Waals surface area contributed by atoms with Crippen molar-refractivity contribution < 1.29 is 4.79 Å². The number of nitrogens with zero attached hydrogens (tertiary/aromatic N) is 1. The largest absolute Gasteiger partial charge is 0.376 e. The van der Waals surface area contributed by atoms with Crippen LogP contribution in [0.5, 0.6) is 0 Å². The van der Waals surface area contributed by atoms with E-state index in [0.29, 0.717) is 5.02 Å². The highest BCUT2D eigenvalue weighted by Gasteiger charge is 2.00. The summed E-state index contributed by atoms with van der Waals surface area (Å²) in [5, 5.41) is 7.46. The molecule has 0 heterocycles. The molecule has 0 unspecified atom stereocenters. The number of halogens is 2. The molecule has 21 heavy (non-hydrogen) atoms. The Hall–Kier alpha value is -1.85. The summed E-state index contributed by atoms with van der Waals surface area (Å²) >= 11 is 9.32. The Morgan fingerprint density at radius 2 is 1.90 bits per heavy atom. The zero-order valence-electron chi connectivity index (χ0n) is 11.0. The van der Waals surface area contributed by atoms with Gasteiger partial charge >= 0.3 is 0 Å². The molecule has 2 N–H and O–H groups in total. The van der Waals surface area contributed by atoms with Crippen molar-refractivity contribution in [2.75, 3.05) is 11.9 Å². The SMILES string of the molecule is O=C(CNc1ccc(Br)cc1)N/N=C\c1ccccc1Cl. The van der Waals surface area contributed by atoms with Crippen LogP contribution in [0.2, 0.25) is 5.02 Å². The fourth-order valence-corrected chi connectivity index (χ4v) is 1.99. The number of anilines is 1. The lowest BCUT2D eigenvalue weighted by Crippen LogP contribution is -2.25. The summed E-state index contributed by atoms with van der Waals surface area (Å²) in [6.07, 6.45) is 1.51. The van der Waals surface area contributed by atoms with Crippen molar-refractivity contribution in [1.29, 1.82) is 0 Å². The topological polar surface area (TPSA) is 53.5 Å². The third kappa shape index (κ3) is 5.21. The molecule has 2 rings (SSSR count). The van der Waals surface area contributed by atoms with Gasteiger partial charge in [0.15, 0.2) is 0 Å². The summed E-state index contributed by atoms with van der Waals surface area (Å²) in [5.74, 6) is -0.235. The van der Waals surface area contributed by atoms with Crippen molar-refractivity contribution in [2.24, 2.45) is 5.10 Å². The first-order chi connectivity index (χ1) is 10.1. The molecule has 6 heteroatoms. The van der Waals surface area contributed by atoms with E-state index in [2.05, 4.69) is 31.8 Å². The van der Waals surface area contributed by atoms with Gasteiger partial charge in [-0.2, -0.15) is 5.10 Å². The standard InChI is InChI=1S/C15H13BrClN3O/c16-12-5-7-13(8-6-12)18-10-15(21)20-19-9-11-3-1-2-4-14(11)17/h1-9,18H,10H2,(H,20,21)/b19-9-. The zero-order chi connectivity index (χ0) is 15.1. The molecule has 0 aromatic heterocycles. The second-order valence-corrected chi connectivity index (χ2v) is 5.50. The van der Waals surface area contributed by atoms with Crippen molar-refractivity contribution in [3.8, 4) is 0 Å². The highest BCUT2D eigenvalue weighted by atomic mass is 79.9. The predicted molar refractivity (Wildman–Crippen MR) is 89.8 cm³/mol. The van der Waals surface area contributed by atoms with Crippen LogP contribution in [-0.4, -0.2) is 18.7 Å². The lowest BCUT2D eigenvalue weighted by molar-refractivity contribution is -0.119. The van der Waals surface area contributed by atoms with Gasteiger partial charge in [-0.1, -0.05) is 45.7 Å². The summed E-state index contributed by atoms with van der Waals surface area (Å²) in [6.45, 7) is 0.140. The molecule has 0 atom stereocenters. The number of hydrogen-bond donors (Lipinski definition) is 2. The predicted octanol–water partition coefficient (Wildman–Crippen LogP) is 3.66. The van der Waals surface area contributed by atoms with E-state index in [-0.39, 0.29) is 12.5 Å². The van der Waals surface area contributed by atoms with Crippen LogP contribution in [0.1, 0.15) is 5.56 Å². The van der Waals surface area contributed by atoms with E-state index >= 15 is 0 Å². The summed E-state index contributed by atoms with van der Waals surface area (Å²) in [6, 6.07) is 14.8. The van der Waals surface area contributed by atoms with E-state index in [1.54, 1.807) is 6.07 Å². The summed E-state index contributed by atoms with van der Waals surface area (Å²) < 4.78 is 0.988. The number of nitrogens with one attached hydrogen (secondary N) is 2.